The van der Waals surface area contributed by atoms with Crippen LogP contribution in [-0.2, 0) is 0 Å². The summed E-state index contributed by atoms with van der Waals surface area (Å²) in [5.41, 5.74) is 5.37. The van der Waals surface area contributed by atoms with E-state index in [9.17, 15) is 0 Å². The summed E-state index contributed by atoms with van der Waals surface area (Å²) >= 11 is 0. The monoisotopic (exact) mass is 168 g/mol. The Hall–Kier alpha value is -1.10. The summed E-state index contributed by atoms with van der Waals surface area (Å²) in [6.45, 7) is 0.278. The van der Waals surface area contributed by atoms with E-state index in [0.717, 1.165) is 12.8 Å². The van der Waals surface area contributed by atoms with E-state index in [1.807, 2.05) is 0 Å². The first-order valence-electron chi connectivity index (χ1n) is 4.07. The molecule has 0 aliphatic heterocycles. The van der Waals surface area contributed by atoms with Gasteiger partial charge in [-0.15, -0.1) is 5.10 Å². The Morgan fingerprint density at radius 2 is 2.42 bits per heavy atom. The third-order valence-electron chi connectivity index (χ3n) is 2.37. The van der Waals surface area contributed by atoms with E-state index in [1.165, 1.54) is 0 Å². The minimum atomic E-state index is 0.278. The van der Waals surface area contributed by atoms with E-state index in [-0.39, 0.29) is 6.61 Å². The van der Waals surface area contributed by atoms with Crippen molar-refractivity contribution in [2.45, 2.75) is 18.9 Å². The molecular weight excluding hydrogens is 156 g/mol. The molecule has 0 atom stereocenters. The van der Waals surface area contributed by atoms with Crippen LogP contribution < -0.4 is 5.73 Å². The average molecular weight is 168 g/mol. The van der Waals surface area contributed by atoms with E-state index in [1.54, 1.807) is 11.0 Å². The third-order valence-corrected chi connectivity index (χ3v) is 2.37. The van der Waals surface area contributed by atoms with Gasteiger partial charge in [0.25, 0.3) is 0 Å². The van der Waals surface area contributed by atoms with Crippen molar-refractivity contribution in [1.29, 1.82) is 0 Å². The van der Waals surface area contributed by atoms with Crippen molar-refractivity contribution in [3.63, 3.8) is 0 Å². The Morgan fingerprint density at radius 3 is 2.92 bits per heavy atom. The van der Waals surface area contributed by atoms with Crippen LogP contribution >= 0.6 is 0 Å². The maximum absolute atomic E-state index is 8.79. The number of rotatable bonds is 2. The molecule has 5 nitrogen and oxygen atoms in total. The second-order valence-corrected chi connectivity index (χ2v) is 3.26. The molecular formula is C7H12N4O. The minimum absolute atomic E-state index is 0.278. The van der Waals surface area contributed by atoms with Crippen molar-refractivity contribution in [2.75, 3.05) is 12.3 Å². The SMILES string of the molecule is Nc1ncn(C2CC(CO)C2)n1. The first-order valence-corrected chi connectivity index (χ1v) is 4.07. The summed E-state index contributed by atoms with van der Waals surface area (Å²) in [4.78, 5) is 3.84. The van der Waals surface area contributed by atoms with Crippen molar-refractivity contribution in [3.05, 3.63) is 6.33 Å². The standard InChI is InChI=1S/C7H12N4O/c8-7-9-4-11(10-7)6-1-5(2-6)3-12/h4-6,12H,1-3H2,(H2,8,10). The lowest BCUT2D eigenvalue weighted by Gasteiger charge is -2.33. The van der Waals surface area contributed by atoms with Crippen LogP contribution in [0.15, 0.2) is 6.33 Å². The fourth-order valence-corrected chi connectivity index (χ4v) is 1.53. The van der Waals surface area contributed by atoms with Gasteiger partial charge in [-0.2, -0.15) is 0 Å². The Labute approximate surface area is 70.2 Å². The van der Waals surface area contributed by atoms with Gasteiger partial charge in [0.05, 0.1) is 6.04 Å². The molecule has 1 aromatic rings. The zero-order valence-corrected chi connectivity index (χ0v) is 6.72. The average Bonchev–Trinajstić information content (AvgIpc) is 2.34. The molecule has 0 radical (unpaired) electrons. The summed E-state index contributed by atoms with van der Waals surface area (Å²) in [6, 6.07) is 0.395. The lowest BCUT2D eigenvalue weighted by atomic mass is 9.81. The van der Waals surface area contributed by atoms with Crippen LogP contribution in [0.5, 0.6) is 0 Å². The van der Waals surface area contributed by atoms with Gasteiger partial charge >= 0.3 is 0 Å². The van der Waals surface area contributed by atoms with Crippen molar-refractivity contribution in [1.82, 2.24) is 14.8 Å². The fourth-order valence-electron chi connectivity index (χ4n) is 1.53. The molecule has 0 bridgehead atoms. The third kappa shape index (κ3) is 1.16. The fraction of sp³-hybridized carbons (Fsp3) is 0.714. The van der Waals surface area contributed by atoms with Crippen LogP contribution in [0, 0.1) is 5.92 Å². The molecule has 1 saturated carbocycles. The normalized spacial score (nSPS) is 28.4. The molecule has 1 aromatic heterocycles. The quantitative estimate of drug-likeness (QED) is 0.641. The molecule has 0 amide bonds. The van der Waals surface area contributed by atoms with Gasteiger partial charge < -0.3 is 10.8 Å². The van der Waals surface area contributed by atoms with E-state index >= 15 is 0 Å². The van der Waals surface area contributed by atoms with Gasteiger partial charge in [-0.3, -0.25) is 0 Å². The van der Waals surface area contributed by atoms with Crippen molar-refractivity contribution in [2.24, 2.45) is 5.92 Å². The Balaban J connectivity index is 1.96. The highest BCUT2D eigenvalue weighted by Crippen LogP contribution is 2.36. The zero-order valence-electron chi connectivity index (χ0n) is 6.72. The lowest BCUT2D eigenvalue weighted by Crippen LogP contribution is -2.29. The number of nitrogen functional groups attached to an aromatic ring is 1. The predicted molar refractivity (Wildman–Crippen MR) is 43.3 cm³/mol. The number of anilines is 1. The van der Waals surface area contributed by atoms with Gasteiger partial charge in [0, 0.05) is 6.61 Å². The summed E-state index contributed by atoms with van der Waals surface area (Å²) in [7, 11) is 0. The number of hydrogen-bond donors (Lipinski definition) is 2. The Morgan fingerprint density at radius 1 is 1.67 bits per heavy atom. The minimum Gasteiger partial charge on any atom is -0.396 e. The molecule has 3 N–H and O–H groups in total. The highest BCUT2D eigenvalue weighted by Gasteiger charge is 2.30. The molecule has 1 fully saturated rings. The second-order valence-electron chi connectivity index (χ2n) is 3.26. The van der Waals surface area contributed by atoms with Crippen LogP contribution in [0.25, 0.3) is 0 Å². The summed E-state index contributed by atoms with van der Waals surface area (Å²) < 4.78 is 1.78. The van der Waals surface area contributed by atoms with Gasteiger partial charge in [0.1, 0.15) is 6.33 Å². The highest BCUT2D eigenvalue weighted by molar-refractivity contribution is 5.10. The van der Waals surface area contributed by atoms with Crippen LogP contribution in [0.4, 0.5) is 5.95 Å². The maximum atomic E-state index is 8.79. The van der Waals surface area contributed by atoms with Crippen molar-refractivity contribution >= 4 is 5.95 Å². The van der Waals surface area contributed by atoms with E-state index < -0.39 is 0 Å². The highest BCUT2D eigenvalue weighted by atomic mass is 16.3. The molecule has 0 aromatic carbocycles. The van der Waals surface area contributed by atoms with Crippen molar-refractivity contribution < 1.29 is 5.11 Å². The van der Waals surface area contributed by atoms with Gasteiger partial charge in [0.2, 0.25) is 5.95 Å². The topological polar surface area (TPSA) is 77.0 Å². The molecule has 0 spiro atoms. The van der Waals surface area contributed by atoms with E-state index in [2.05, 4.69) is 10.1 Å². The molecule has 1 aliphatic carbocycles. The molecule has 2 rings (SSSR count). The van der Waals surface area contributed by atoms with Crippen LogP contribution in [0.1, 0.15) is 18.9 Å². The number of nitrogens with two attached hydrogens (primary N) is 1. The first kappa shape index (κ1) is 7.54. The number of nitrogens with zero attached hydrogens (tertiary/aromatic N) is 3. The summed E-state index contributed by atoms with van der Waals surface area (Å²) in [6.07, 6.45) is 3.62. The molecule has 5 heteroatoms. The molecule has 0 saturated heterocycles. The maximum Gasteiger partial charge on any atom is 0.239 e. The molecule has 1 aliphatic rings. The smallest absolute Gasteiger partial charge is 0.239 e. The number of aliphatic hydroxyl groups is 1. The molecule has 1 heterocycles. The number of aliphatic hydroxyl groups excluding tert-OH is 1. The predicted octanol–water partition coefficient (Wildman–Crippen LogP) is -0.196. The summed E-state index contributed by atoms with van der Waals surface area (Å²) in [5.74, 6) is 0.767. The van der Waals surface area contributed by atoms with Gasteiger partial charge in [-0.1, -0.05) is 0 Å². The largest absolute Gasteiger partial charge is 0.396 e. The van der Waals surface area contributed by atoms with E-state index in [4.69, 9.17) is 10.8 Å². The zero-order chi connectivity index (χ0) is 8.55. The Bertz CT molecular complexity index is 266. The van der Waals surface area contributed by atoms with Gasteiger partial charge in [-0.05, 0) is 18.8 Å². The molecule has 12 heavy (non-hydrogen) atoms. The van der Waals surface area contributed by atoms with Gasteiger partial charge in [-0.25, -0.2) is 9.67 Å². The molecule has 66 valence electrons. The van der Waals surface area contributed by atoms with Gasteiger partial charge in [0.15, 0.2) is 0 Å². The van der Waals surface area contributed by atoms with Crippen molar-refractivity contribution in [3.8, 4) is 0 Å². The van der Waals surface area contributed by atoms with Crippen LogP contribution in [0.3, 0.4) is 0 Å². The first-order chi connectivity index (χ1) is 5.79. The lowest BCUT2D eigenvalue weighted by molar-refractivity contribution is 0.105. The van der Waals surface area contributed by atoms with Crippen LogP contribution in [0.2, 0.25) is 0 Å². The van der Waals surface area contributed by atoms with E-state index in [0.29, 0.717) is 17.9 Å². The Kier molecular flexibility index (Phi) is 1.73. The summed E-state index contributed by atoms with van der Waals surface area (Å²) in [5, 5.41) is 12.8. The number of hydrogen-bond acceptors (Lipinski definition) is 4. The van der Waals surface area contributed by atoms with Crippen LogP contribution in [-0.4, -0.2) is 26.5 Å². The number of aromatic nitrogens is 3. The molecule has 0 unspecified atom stereocenters. The second kappa shape index (κ2) is 2.75.